The van der Waals surface area contributed by atoms with Crippen molar-refractivity contribution in [2.45, 2.75) is 63.2 Å². The van der Waals surface area contributed by atoms with E-state index in [-0.39, 0.29) is 24.7 Å². The molecule has 3 aromatic rings. The zero-order chi connectivity index (χ0) is 27.1. The predicted molar refractivity (Wildman–Crippen MR) is 137 cm³/mol. The Bertz CT molecular complexity index is 1220. The normalized spacial score (nSPS) is 20.1. The van der Waals surface area contributed by atoms with Crippen LogP contribution in [0.25, 0.3) is 0 Å². The zero-order valence-electron chi connectivity index (χ0n) is 21.4. The van der Waals surface area contributed by atoms with Crippen molar-refractivity contribution in [3.63, 3.8) is 0 Å². The summed E-state index contributed by atoms with van der Waals surface area (Å²) in [5, 5.41) is 24.5. The van der Waals surface area contributed by atoms with Gasteiger partial charge in [-0.25, -0.2) is 4.68 Å². The van der Waals surface area contributed by atoms with Crippen molar-refractivity contribution in [1.29, 1.82) is 0 Å². The lowest BCUT2D eigenvalue weighted by Crippen LogP contribution is -2.35. The van der Waals surface area contributed by atoms with Crippen LogP contribution < -0.4 is 5.32 Å². The first-order chi connectivity index (χ1) is 18.3. The van der Waals surface area contributed by atoms with Gasteiger partial charge < -0.3 is 24.6 Å². The van der Waals surface area contributed by atoms with Crippen LogP contribution in [-0.4, -0.2) is 55.2 Å². The number of ether oxygens (including phenoxy) is 3. The molecule has 4 atom stereocenters. The van der Waals surface area contributed by atoms with Crippen molar-refractivity contribution < 1.29 is 28.9 Å². The first-order valence-corrected chi connectivity index (χ1v) is 13.2. The highest BCUT2D eigenvalue weighted by atomic mass is 32.2. The molecule has 1 aliphatic heterocycles. The lowest BCUT2D eigenvalue weighted by Gasteiger charge is -2.36. The minimum Gasteiger partial charge on any atom is -0.453 e. The number of nitrogens with zero attached hydrogens (tertiary/aromatic N) is 4. The van der Waals surface area contributed by atoms with E-state index in [9.17, 15) is 14.7 Å². The lowest BCUT2D eigenvalue weighted by molar-refractivity contribution is -0.245. The van der Waals surface area contributed by atoms with Crippen LogP contribution in [0.15, 0.2) is 53.7 Å². The zero-order valence-corrected chi connectivity index (χ0v) is 22.3. The summed E-state index contributed by atoms with van der Waals surface area (Å²) in [5.41, 5.74) is 3.57. The van der Waals surface area contributed by atoms with E-state index in [1.165, 1.54) is 25.6 Å². The number of aliphatic hydroxyl groups excluding tert-OH is 1. The van der Waals surface area contributed by atoms with Gasteiger partial charge in [0.05, 0.1) is 18.8 Å². The fourth-order valence-electron chi connectivity index (χ4n) is 3.96. The Morgan fingerprint density at radius 2 is 1.82 bits per heavy atom. The standard InChI is InChI=1S/C26H31N5O6S/c1-16(35-17(2)33)24(34)27-13-18-4-10-21(11-5-18)25-36-22(15-38-26-28-29-30-31(26)3)12-23(37-25)20-8-6-19(14-32)7-9-20/h4-11,16,22-23,25,32H,12-15H2,1-3H3,(H,27,34)/t16-,22+,23-,25-/m0/s1. The number of hydrogen-bond donors (Lipinski definition) is 2. The monoisotopic (exact) mass is 541 g/mol. The maximum atomic E-state index is 12.1. The van der Waals surface area contributed by atoms with Gasteiger partial charge in [-0.2, -0.15) is 0 Å². The van der Waals surface area contributed by atoms with E-state index in [0.29, 0.717) is 23.9 Å². The van der Waals surface area contributed by atoms with Crippen molar-refractivity contribution in [3.8, 4) is 0 Å². The molecule has 2 N–H and O–H groups in total. The second-order valence-corrected chi connectivity index (χ2v) is 9.94. The van der Waals surface area contributed by atoms with Gasteiger partial charge in [0.25, 0.3) is 5.91 Å². The molecule has 1 aliphatic rings. The first kappa shape index (κ1) is 27.7. The second kappa shape index (κ2) is 13.0. The lowest BCUT2D eigenvalue weighted by atomic mass is 10.0. The molecule has 38 heavy (non-hydrogen) atoms. The second-order valence-electron chi connectivity index (χ2n) is 8.96. The molecule has 0 bridgehead atoms. The molecule has 0 saturated carbocycles. The molecule has 2 heterocycles. The van der Waals surface area contributed by atoms with Crippen LogP contribution in [0, 0.1) is 0 Å². The molecule has 0 radical (unpaired) electrons. The summed E-state index contributed by atoms with van der Waals surface area (Å²) < 4.78 is 19.2. The van der Waals surface area contributed by atoms with E-state index in [1.54, 1.807) is 11.7 Å². The molecular weight excluding hydrogens is 510 g/mol. The Balaban J connectivity index is 1.44. The van der Waals surface area contributed by atoms with E-state index < -0.39 is 18.4 Å². The molecule has 1 aromatic heterocycles. The number of aryl methyl sites for hydroxylation is 1. The maximum Gasteiger partial charge on any atom is 0.303 e. The number of esters is 1. The largest absolute Gasteiger partial charge is 0.453 e. The van der Waals surface area contributed by atoms with E-state index >= 15 is 0 Å². The van der Waals surface area contributed by atoms with E-state index in [0.717, 1.165) is 22.3 Å². The molecule has 1 fully saturated rings. The molecule has 1 amide bonds. The van der Waals surface area contributed by atoms with Crippen LogP contribution in [0.1, 0.15) is 54.9 Å². The highest BCUT2D eigenvalue weighted by molar-refractivity contribution is 7.99. The van der Waals surface area contributed by atoms with Crippen LogP contribution in [0.3, 0.4) is 0 Å². The van der Waals surface area contributed by atoms with Gasteiger partial charge in [0.2, 0.25) is 5.16 Å². The molecule has 1 saturated heterocycles. The minimum absolute atomic E-state index is 0.0159. The van der Waals surface area contributed by atoms with Gasteiger partial charge in [-0.15, -0.1) is 5.10 Å². The summed E-state index contributed by atoms with van der Waals surface area (Å²) in [7, 11) is 1.79. The molecule has 0 aliphatic carbocycles. The topological polar surface area (TPSA) is 138 Å². The van der Waals surface area contributed by atoms with Gasteiger partial charge in [0, 0.05) is 38.3 Å². The van der Waals surface area contributed by atoms with Crippen LogP contribution in [0.5, 0.6) is 0 Å². The third-order valence-corrected chi connectivity index (χ3v) is 7.17. The Labute approximate surface area is 224 Å². The first-order valence-electron chi connectivity index (χ1n) is 12.2. The average Bonchev–Trinajstić information content (AvgIpc) is 3.34. The quantitative estimate of drug-likeness (QED) is 0.291. The summed E-state index contributed by atoms with van der Waals surface area (Å²) >= 11 is 1.52. The number of carbonyl (C=O) groups is 2. The highest BCUT2D eigenvalue weighted by Crippen LogP contribution is 2.39. The number of amides is 1. The smallest absolute Gasteiger partial charge is 0.303 e. The summed E-state index contributed by atoms with van der Waals surface area (Å²) in [4.78, 5) is 23.2. The Hall–Kier alpha value is -3.32. The molecule has 2 aromatic carbocycles. The van der Waals surface area contributed by atoms with Gasteiger partial charge >= 0.3 is 5.97 Å². The molecule has 12 heteroatoms. The molecular formula is C26H31N5O6S. The fourth-order valence-corrected chi connectivity index (χ4v) is 4.83. The number of aliphatic hydroxyl groups is 1. The van der Waals surface area contributed by atoms with Crippen LogP contribution in [0.2, 0.25) is 0 Å². The van der Waals surface area contributed by atoms with Crippen LogP contribution in [0.4, 0.5) is 0 Å². The van der Waals surface area contributed by atoms with Crippen LogP contribution in [-0.2, 0) is 44.0 Å². The van der Waals surface area contributed by atoms with Crippen molar-refractivity contribution in [1.82, 2.24) is 25.5 Å². The van der Waals surface area contributed by atoms with Crippen molar-refractivity contribution >= 4 is 23.6 Å². The number of aromatic nitrogens is 4. The number of thioether (sulfide) groups is 1. The van der Waals surface area contributed by atoms with Gasteiger partial charge in [0.1, 0.15) is 0 Å². The number of hydrogen-bond acceptors (Lipinski definition) is 10. The van der Waals surface area contributed by atoms with E-state index in [2.05, 4.69) is 20.8 Å². The third-order valence-electron chi connectivity index (χ3n) is 6.03. The fraction of sp³-hybridized carbons (Fsp3) is 0.423. The Morgan fingerprint density at radius 1 is 1.13 bits per heavy atom. The maximum absolute atomic E-state index is 12.1. The Morgan fingerprint density at radius 3 is 2.45 bits per heavy atom. The summed E-state index contributed by atoms with van der Waals surface area (Å²) in [6.07, 6.45) is -1.13. The van der Waals surface area contributed by atoms with Gasteiger partial charge in [-0.05, 0) is 34.0 Å². The number of tetrazole rings is 1. The van der Waals surface area contributed by atoms with Crippen molar-refractivity contribution in [2.24, 2.45) is 7.05 Å². The summed E-state index contributed by atoms with van der Waals surface area (Å²) in [6.45, 7) is 3.07. The average molecular weight is 542 g/mol. The minimum atomic E-state index is -0.855. The molecule has 11 nitrogen and oxygen atoms in total. The predicted octanol–water partition coefficient (Wildman–Crippen LogP) is 2.61. The van der Waals surface area contributed by atoms with Crippen molar-refractivity contribution in [3.05, 3.63) is 70.8 Å². The molecule has 4 rings (SSSR count). The van der Waals surface area contributed by atoms with Crippen molar-refractivity contribution in [2.75, 3.05) is 5.75 Å². The number of rotatable bonds is 10. The van der Waals surface area contributed by atoms with Crippen LogP contribution >= 0.6 is 11.8 Å². The van der Waals surface area contributed by atoms with Gasteiger partial charge in [0.15, 0.2) is 12.4 Å². The van der Waals surface area contributed by atoms with Gasteiger partial charge in [-0.1, -0.05) is 60.3 Å². The summed E-state index contributed by atoms with van der Waals surface area (Å²) in [6, 6.07) is 15.3. The van der Waals surface area contributed by atoms with E-state index in [1.807, 2.05) is 48.5 Å². The van der Waals surface area contributed by atoms with Gasteiger partial charge in [-0.3, -0.25) is 9.59 Å². The molecule has 0 spiro atoms. The number of benzene rings is 2. The molecule has 202 valence electrons. The highest BCUT2D eigenvalue weighted by Gasteiger charge is 2.32. The third kappa shape index (κ3) is 7.38. The SMILES string of the molecule is CC(=O)O[C@@H](C)C(=O)NCc1ccc([C@H]2O[C@@H](CSc3nnnn3C)C[C@@H](c3ccc(CO)cc3)O2)cc1. The van der Waals surface area contributed by atoms with E-state index in [4.69, 9.17) is 14.2 Å². The molecule has 0 unspecified atom stereocenters. The number of carbonyl (C=O) groups excluding carboxylic acids is 2. The summed E-state index contributed by atoms with van der Waals surface area (Å²) in [5.74, 6) is -0.224. The number of nitrogens with one attached hydrogen (secondary N) is 1. The Kier molecular flexibility index (Phi) is 9.45.